The van der Waals surface area contributed by atoms with Crippen LogP contribution >= 0.6 is 23.4 Å². The molecule has 0 bridgehead atoms. The van der Waals surface area contributed by atoms with Crippen LogP contribution in [0.3, 0.4) is 0 Å². The second-order valence-electron chi connectivity index (χ2n) is 4.74. The molecule has 2 aromatic rings. The molecule has 4 heteroatoms. The van der Waals surface area contributed by atoms with Gasteiger partial charge in [-0.2, -0.15) is 0 Å². The van der Waals surface area contributed by atoms with Gasteiger partial charge >= 0.3 is 0 Å². The maximum absolute atomic E-state index is 12.4. The Labute approximate surface area is 120 Å². The lowest BCUT2D eigenvalue weighted by Gasteiger charge is -2.31. The first-order valence-corrected chi connectivity index (χ1v) is 7.35. The minimum Gasteiger partial charge on any atom is -0.318 e. The molecular formula is C15H10ClNOS. The third-order valence-corrected chi connectivity index (χ3v) is 5.21. The molecule has 0 N–H and O–H groups in total. The van der Waals surface area contributed by atoms with Crippen LogP contribution in [0.2, 0.25) is 5.02 Å². The van der Waals surface area contributed by atoms with E-state index >= 15 is 0 Å². The molecule has 2 aliphatic heterocycles. The first-order chi connectivity index (χ1) is 9.24. The highest BCUT2D eigenvalue weighted by atomic mass is 35.5. The molecule has 0 saturated heterocycles. The number of amides is 1. The monoisotopic (exact) mass is 287 g/mol. The van der Waals surface area contributed by atoms with E-state index in [0.29, 0.717) is 6.54 Å². The van der Waals surface area contributed by atoms with Crippen molar-refractivity contribution in [2.24, 2.45) is 0 Å². The fourth-order valence-electron chi connectivity index (χ4n) is 2.69. The Morgan fingerprint density at radius 1 is 1.21 bits per heavy atom. The Morgan fingerprint density at radius 2 is 2.05 bits per heavy atom. The van der Waals surface area contributed by atoms with Crippen LogP contribution < -0.4 is 0 Å². The van der Waals surface area contributed by atoms with Gasteiger partial charge in [-0.15, -0.1) is 0 Å². The Morgan fingerprint density at radius 3 is 2.95 bits per heavy atom. The Balaban J connectivity index is 1.84. The van der Waals surface area contributed by atoms with Crippen molar-refractivity contribution in [3.8, 4) is 0 Å². The summed E-state index contributed by atoms with van der Waals surface area (Å²) in [7, 11) is 0. The number of carbonyl (C=O) groups excluding carboxylic acids is 1. The first-order valence-electron chi connectivity index (χ1n) is 6.09. The molecule has 2 aromatic carbocycles. The summed E-state index contributed by atoms with van der Waals surface area (Å²) in [5.74, 6) is 0.133. The first kappa shape index (κ1) is 11.4. The third-order valence-electron chi connectivity index (χ3n) is 3.61. The van der Waals surface area contributed by atoms with E-state index in [4.69, 9.17) is 11.6 Å². The van der Waals surface area contributed by atoms with Crippen LogP contribution in [-0.2, 0) is 6.54 Å². The summed E-state index contributed by atoms with van der Waals surface area (Å²) >= 11 is 7.76. The van der Waals surface area contributed by atoms with Gasteiger partial charge < -0.3 is 4.90 Å². The Hall–Kier alpha value is -1.45. The molecule has 0 aliphatic carbocycles. The van der Waals surface area contributed by atoms with Crippen LogP contribution in [0.1, 0.15) is 26.9 Å². The molecule has 2 heterocycles. The highest BCUT2D eigenvalue weighted by Gasteiger charge is 2.40. The van der Waals surface area contributed by atoms with Crippen LogP contribution in [0, 0.1) is 0 Å². The summed E-state index contributed by atoms with van der Waals surface area (Å²) in [4.78, 5) is 15.5. The standard InChI is InChI=1S/C15H10ClNOS/c16-10-6-5-9-8-17-14(18)11-3-1-2-4-12(11)15(17)19-13(9)7-10/h1-7,15H,8H2. The van der Waals surface area contributed by atoms with Crippen molar-refractivity contribution in [2.45, 2.75) is 16.8 Å². The number of carbonyl (C=O) groups is 1. The van der Waals surface area contributed by atoms with Gasteiger partial charge in [0.05, 0.1) is 0 Å². The number of fused-ring (bicyclic) bond motifs is 4. The SMILES string of the molecule is O=C1c2ccccc2C2Sc3cc(Cl)ccc3CN12. The van der Waals surface area contributed by atoms with Gasteiger partial charge in [-0.1, -0.05) is 47.6 Å². The molecule has 0 spiro atoms. The van der Waals surface area contributed by atoms with E-state index < -0.39 is 0 Å². The molecule has 94 valence electrons. The predicted octanol–water partition coefficient (Wildman–Crippen LogP) is 4.10. The van der Waals surface area contributed by atoms with E-state index in [1.807, 2.05) is 47.4 Å². The van der Waals surface area contributed by atoms with Crippen molar-refractivity contribution >= 4 is 29.3 Å². The molecule has 2 nitrogen and oxygen atoms in total. The Bertz CT molecular complexity index is 700. The lowest BCUT2D eigenvalue weighted by atomic mass is 10.1. The van der Waals surface area contributed by atoms with Crippen LogP contribution in [0.15, 0.2) is 47.4 Å². The van der Waals surface area contributed by atoms with Crippen LogP contribution in [-0.4, -0.2) is 10.8 Å². The predicted molar refractivity (Wildman–Crippen MR) is 76.4 cm³/mol. The maximum Gasteiger partial charge on any atom is 0.255 e. The van der Waals surface area contributed by atoms with Gasteiger partial charge in [-0.3, -0.25) is 4.79 Å². The zero-order chi connectivity index (χ0) is 13.0. The van der Waals surface area contributed by atoms with E-state index in [0.717, 1.165) is 16.1 Å². The molecule has 1 unspecified atom stereocenters. The number of benzene rings is 2. The van der Waals surface area contributed by atoms with Gasteiger partial charge in [0.2, 0.25) is 0 Å². The quantitative estimate of drug-likeness (QED) is 0.727. The van der Waals surface area contributed by atoms with Crippen molar-refractivity contribution in [3.05, 3.63) is 64.2 Å². The summed E-state index contributed by atoms with van der Waals surface area (Å²) in [6, 6.07) is 13.7. The van der Waals surface area contributed by atoms with Crippen molar-refractivity contribution in [1.29, 1.82) is 0 Å². The van der Waals surface area contributed by atoms with Gasteiger partial charge in [0.15, 0.2) is 0 Å². The van der Waals surface area contributed by atoms with Gasteiger partial charge in [-0.25, -0.2) is 0 Å². The topological polar surface area (TPSA) is 20.3 Å². The molecule has 2 aliphatic rings. The van der Waals surface area contributed by atoms with E-state index in [2.05, 4.69) is 0 Å². The van der Waals surface area contributed by atoms with Crippen molar-refractivity contribution < 1.29 is 4.79 Å². The number of hydrogen-bond donors (Lipinski definition) is 0. The van der Waals surface area contributed by atoms with Crippen LogP contribution in [0.4, 0.5) is 0 Å². The zero-order valence-electron chi connectivity index (χ0n) is 9.97. The van der Waals surface area contributed by atoms with Gasteiger partial charge in [-0.05, 0) is 29.3 Å². The fraction of sp³-hybridized carbons (Fsp3) is 0.133. The van der Waals surface area contributed by atoms with E-state index in [1.54, 1.807) is 11.8 Å². The molecule has 4 rings (SSSR count). The number of nitrogens with zero attached hydrogens (tertiary/aromatic N) is 1. The highest BCUT2D eigenvalue weighted by molar-refractivity contribution is 7.99. The molecular weight excluding hydrogens is 278 g/mol. The summed E-state index contributed by atoms with van der Waals surface area (Å²) in [5.41, 5.74) is 3.12. The molecule has 19 heavy (non-hydrogen) atoms. The molecule has 0 saturated carbocycles. The minimum atomic E-state index is 0.0923. The van der Waals surface area contributed by atoms with Gasteiger partial charge in [0, 0.05) is 22.0 Å². The van der Waals surface area contributed by atoms with E-state index in [1.165, 1.54) is 10.5 Å². The largest absolute Gasteiger partial charge is 0.318 e. The van der Waals surface area contributed by atoms with E-state index in [-0.39, 0.29) is 11.3 Å². The lowest BCUT2D eigenvalue weighted by Crippen LogP contribution is -2.28. The fourth-order valence-corrected chi connectivity index (χ4v) is 4.28. The summed E-state index contributed by atoms with van der Waals surface area (Å²) in [5, 5.41) is 0.840. The average Bonchev–Trinajstić information content (AvgIpc) is 2.70. The zero-order valence-corrected chi connectivity index (χ0v) is 11.5. The maximum atomic E-state index is 12.4. The van der Waals surface area contributed by atoms with Crippen molar-refractivity contribution in [1.82, 2.24) is 4.90 Å². The van der Waals surface area contributed by atoms with E-state index in [9.17, 15) is 4.79 Å². The average molecular weight is 288 g/mol. The van der Waals surface area contributed by atoms with Gasteiger partial charge in [0.1, 0.15) is 5.37 Å². The molecule has 0 fully saturated rings. The molecule has 1 amide bonds. The summed E-state index contributed by atoms with van der Waals surface area (Å²) in [6.07, 6.45) is 0. The number of halogens is 1. The van der Waals surface area contributed by atoms with Crippen molar-refractivity contribution in [2.75, 3.05) is 0 Å². The van der Waals surface area contributed by atoms with Gasteiger partial charge in [0.25, 0.3) is 5.91 Å². The molecule has 0 aromatic heterocycles. The second kappa shape index (κ2) is 4.02. The number of thioether (sulfide) groups is 1. The summed E-state index contributed by atoms with van der Waals surface area (Å²) < 4.78 is 0. The molecule has 1 atom stereocenters. The third kappa shape index (κ3) is 1.62. The minimum absolute atomic E-state index is 0.0923. The van der Waals surface area contributed by atoms with Crippen LogP contribution in [0.25, 0.3) is 0 Å². The normalized spacial score (nSPS) is 19.9. The highest BCUT2D eigenvalue weighted by Crippen LogP contribution is 2.50. The number of rotatable bonds is 0. The Kier molecular flexibility index (Phi) is 2.41. The van der Waals surface area contributed by atoms with Crippen molar-refractivity contribution in [3.63, 3.8) is 0 Å². The molecule has 0 radical (unpaired) electrons. The lowest BCUT2D eigenvalue weighted by molar-refractivity contribution is 0.0756. The number of hydrogen-bond acceptors (Lipinski definition) is 2. The summed E-state index contributed by atoms with van der Waals surface area (Å²) in [6.45, 7) is 0.664. The second-order valence-corrected chi connectivity index (χ2v) is 6.30. The smallest absolute Gasteiger partial charge is 0.255 e. The van der Waals surface area contributed by atoms with Crippen LogP contribution in [0.5, 0.6) is 0 Å².